The maximum atomic E-state index is 12.2. The second kappa shape index (κ2) is 10.0. The molecule has 0 radical (unpaired) electrons. The van der Waals surface area contributed by atoms with E-state index in [1.807, 2.05) is 12.1 Å². The van der Waals surface area contributed by atoms with Crippen molar-refractivity contribution in [3.63, 3.8) is 0 Å². The maximum Gasteiger partial charge on any atom is 0.417 e. The Bertz CT molecular complexity index is 800. The fraction of sp³-hybridized carbons (Fsp3) is 0.391. The molecule has 0 heterocycles. The predicted molar refractivity (Wildman–Crippen MR) is 113 cm³/mol. The van der Waals surface area contributed by atoms with Gasteiger partial charge in [0.2, 0.25) is 0 Å². The maximum absolute atomic E-state index is 12.2. The lowest BCUT2D eigenvalue weighted by Crippen LogP contribution is -2.24. The number of nitrogens with one attached hydrogen (secondary N) is 1. The third-order valence-corrected chi connectivity index (χ3v) is 4.81. The third kappa shape index (κ3) is 6.20. The molecule has 5 nitrogen and oxygen atoms in total. The molecule has 0 aliphatic heterocycles. The minimum absolute atomic E-state index is 0.0140. The summed E-state index contributed by atoms with van der Waals surface area (Å²) in [6.45, 7) is 6.94. The molecule has 0 aliphatic rings. The number of Topliss-reactive ketones (excluding diaryl/α,β-unsaturated/α-hetero) is 1. The first-order chi connectivity index (χ1) is 13.3. The molecule has 0 aromatic heterocycles. The van der Waals surface area contributed by atoms with Crippen LogP contribution in [-0.2, 0) is 0 Å². The van der Waals surface area contributed by atoms with Crippen LogP contribution >= 0.6 is 0 Å². The highest BCUT2D eigenvalue weighted by atomic mass is 16.6. The molecule has 0 bridgehead atoms. The van der Waals surface area contributed by atoms with Crippen LogP contribution in [0.4, 0.5) is 10.5 Å². The Labute approximate surface area is 167 Å². The third-order valence-electron chi connectivity index (χ3n) is 4.81. The molecule has 1 N–H and O–H groups in total. The zero-order chi connectivity index (χ0) is 20.7. The summed E-state index contributed by atoms with van der Waals surface area (Å²) in [5.41, 5.74) is 2.36. The van der Waals surface area contributed by atoms with Gasteiger partial charge in [-0.2, -0.15) is 0 Å². The number of rotatable bonds is 8. The van der Waals surface area contributed by atoms with Gasteiger partial charge in [-0.3, -0.25) is 10.1 Å². The summed E-state index contributed by atoms with van der Waals surface area (Å²) in [6, 6.07) is 14.5. The van der Waals surface area contributed by atoms with Crippen LogP contribution in [0.3, 0.4) is 0 Å². The molecule has 0 saturated heterocycles. The average molecular weight is 383 g/mol. The predicted octanol–water partition coefficient (Wildman–Crippen LogP) is 5.19. The Morgan fingerprint density at radius 2 is 1.79 bits per heavy atom. The van der Waals surface area contributed by atoms with Crippen LogP contribution in [0.1, 0.15) is 49.0 Å². The smallest absolute Gasteiger partial charge is 0.410 e. The van der Waals surface area contributed by atoms with Crippen LogP contribution < -0.4 is 10.1 Å². The molecule has 2 atom stereocenters. The van der Waals surface area contributed by atoms with Gasteiger partial charge in [0.15, 0.2) is 5.78 Å². The molecule has 0 saturated carbocycles. The summed E-state index contributed by atoms with van der Waals surface area (Å²) in [7, 11) is 4.16. The van der Waals surface area contributed by atoms with Crippen molar-refractivity contribution in [2.24, 2.45) is 5.92 Å². The van der Waals surface area contributed by atoms with E-state index < -0.39 is 6.09 Å². The highest BCUT2D eigenvalue weighted by molar-refractivity contribution is 5.95. The molecule has 2 aromatic rings. The van der Waals surface area contributed by atoms with Gasteiger partial charge in [0.25, 0.3) is 0 Å². The number of carbonyl (C=O) groups is 2. The SMILES string of the molecule is CC[C@@H](c1cccc(OC(=O)Nc2ccc(C(C)=O)cc2)c1)[C@@H](C)CN(C)C. The van der Waals surface area contributed by atoms with Gasteiger partial charge in [-0.05, 0) is 81.2 Å². The van der Waals surface area contributed by atoms with Gasteiger partial charge < -0.3 is 9.64 Å². The van der Waals surface area contributed by atoms with E-state index in [1.165, 1.54) is 12.5 Å². The minimum Gasteiger partial charge on any atom is -0.410 e. The Hall–Kier alpha value is -2.66. The van der Waals surface area contributed by atoms with Gasteiger partial charge >= 0.3 is 6.09 Å². The Kier molecular flexibility index (Phi) is 7.76. The van der Waals surface area contributed by atoms with E-state index in [0.29, 0.717) is 28.8 Å². The number of nitrogens with zero attached hydrogens (tertiary/aromatic N) is 1. The van der Waals surface area contributed by atoms with Crippen molar-refractivity contribution in [3.05, 3.63) is 59.7 Å². The summed E-state index contributed by atoms with van der Waals surface area (Å²) in [5, 5.41) is 2.69. The van der Waals surface area contributed by atoms with E-state index in [4.69, 9.17) is 4.74 Å². The molecule has 2 rings (SSSR count). The van der Waals surface area contributed by atoms with E-state index >= 15 is 0 Å². The normalized spacial score (nSPS) is 13.1. The first kappa shape index (κ1) is 21.6. The van der Waals surface area contributed by atoms with Crippen molar-refractivity contribution in [3.8, 4) is 5.75 Å². The number of hydrogen-bond donors (Lipinski definition) is 1. The fourth-order valence-electron chi connectivity index (χ4n) is 3.52. The molecule has 2 aromatic carbocycles. The summed E-state index contributed by atoms with van der Waals surface area (Å²) < 4.78 is 5.46. The first-order valence-corrected chi connectivity index (χ1v) is 9.64. The molecule has 5 heteroatoms. The highest BCUT2D eigenvalue weighted by Gasteiger charge is 2.19. The number of carbonyl (C=O) groups excluding carboxylic acids is 2. The van der Waals surface area contributed by atoms with Gasteiger partial charge in [0, 0.05) is 17.8 Å². The molecular weight excluding hydrogens is 352 g/mol. The Morgan fingerprint density at radius 3 is 2.36 bits per heavy atom. The van der Waals surface area contributed by atoms with E-state index in [0.717, 1.165) is 13.0 Å². The van der Waals surface area contributed by atoms with Crippen LogP contribution in [-0.4, -0.2) is 37.4 Å². The summed E-state index contributed by atoms with van der Waals surface area (Å²) in [4.78, 5) is 25.7. The lowest BCUT2D eigenvalue weighted by atomic mass is 9.85. The molecule has 0 fully saturated rings. The van der Waals surface area contributed by atoms with Crippen molar-refractivity contribution >= 4 is 17.6 Å². The van der Waals surface area contributed by atoms with Crippen molar-refractivity contribution in [1.29, 1.82) is 0 Å². The number of anilines is 1. The second-order valence-corrected chi connectivity index (χ2v) is 7.47. The molecular formula is C23H30N2O3. The quantitative estimate of drug-likeness (QED) is 0.638. The van der Waals surface area contributed by atoms with E-state index in [2.05, 4.69) is 44.2 Å². The summed E-state index contributed by atoms with van der Waals surface area (Å²) >= 11 is 0. The summed E-state index contributed by atoms with van der Waals surface area (Å²) in [6.07, 6.45) is 0.467. The lowest BCUT2D eigenvalue weighted by molar-refractivity contribution is 0.101. The van der Waals surface area contributed by atoms with Crippen LogP contribution in [0.25, 0.3) is 0 Å². The minimum atomic E-state index is -0.554. The monoisotopic (exact) mass is 382 g/mol. The van der Waals surface area contributed by atoms with Crippen LogP contribution in [0, 0.1) is 5.92 Å². The lowest BCUT2D eigenvalue weighted by Gasteiger charge is -2.26. The zero-order valence-corrected chi connectivity index (χ0v) is 17.4. The van der Waals surface area contributed by atoms with Crippen LogP contribution in [0.15, 0.2) is 48.5 Å². The number of ether oxygens (including phenoxy) is 1. The first-order valence-electron chi connectivity index (χ1n) is 9.64. The Balaban J connectivity index is 2.04. The molecule has 0 unspecified atom stereocenters. The van der Waals surface area contributed by atoms with Crippen molar-refractivity contribution < 1.29 is 14.3 Å². The molecule has 0 aliphatic carbocycles. The van der Waals surface area contributed by atoms with Crippen LogP contribution in [0.5, 0.6) is 5.75 Å². The molecule has 1 amide bonds. The van der Waals surface area contributed by atoms with E-state index in [-0.39, 0.29) is 5.78 Å². The Morgan fingerprint density at radius 1 is 1.11 bits per heavy atom. The van der Waals surface area contributed by atoms with Crippen molar-refractivity contribution in [2.75, 3.05) is 26.0 Å². The number of ketones is 1. The van der Waals surface area contributed by atoms with E-state index in [9.17, 15) is 9.59 Å². The number of hydrogen-bond acceptors (Lipinski definition) is 4. The van der Waals surface area contributed by atoms with E-state index in [1.54, 1.807) is 30.3 Å². The van der Waals surface area contributed by atoms with Gasteiger partial charge in [-0.15, -0.1) is 0 Å². The largest absolute Gasteiger partial charge is 0.417 e. The van der Waals surface area contributed by atoms with Gasteiger partial charge in [-0.1, -0.05) is 26.0 Å². The van der Waals surface area contributed by atoms with Crippen LogP contribution in [0.2, 0.25) is 0 Å². The fourth-order valence-corrected chi connectivity index (χ4v) is 3.52. The molecule has 0 spiro atoms. The highest BCUT2D eigenvalue weighted by Crippen LogP contribution is 2.30. The standard InChI is InChI=1S/C23H30N2O3/c1-6-22(16(2)15-25(4)5)19-8-7-9-21(14-19)28-23(27)24-20-12-10-18(11-13-20)17(3)26/h7-14,16,22H,6,15H2,1-5H3,(H,24,27)/t16-,22+/m0/s1. The van der Waals surface area contributed by atoms with Crippen molar-refractivity contribution in [2.45, 2.75) is 33.1 Å². The topological polar surface area (TPSA) is 58.6 Å². The second-order valence-electron chi connectivity index (χ2n) is 7.47. The van der Waals surface area contributed by atoms with Gasteiger partial charge in [-0.25, -0.2) is 4.79 Å². The van der Waals surface area contributed by atoms with Gasteiger partial charge in [0.1, 0.15) is 5.75 Å². The van der Waals surface area contributed by atoms with Gasteiger partial charge in [0.05, 0.1) is 0 Å². The summed E-state index contributed by atoms with van der Waals surface area (Å²) in [5.74, 6) is 1.39. The number of benzene rings is 2. The number of amides is 1. The average Bonchev–Trinajstić information content (AvgIpc) is 2.62. The molecule has 28 heavy (non-hydrogen) atoms. The molecule has 150 valence electrons. The zero-order valence-electron chi connectivity index (χ0n) is 17.4. The van der Waals surface area contributed by atoms with Crippen molar-refractivity contribution in [1.82, 2.24) is 4.90 Å².